The standard InChI is InChI=1S/C25H28F3NO2/c1-18(2)17-21(19(3)13-15-31-16-14-20-9-5-4-6-10-20)24(30)29-23-12-8-7-11-22(23)25(26,27)28/h4-13,17-18H,14-16H2,1-3H3,(H,29,30)/b19-13-,21-17+. The van der Waals surface area contributed by atoms with E-state index in [9.17, 15) is 18.0 Å². The number of ether oxygens (including phenoxy) is 1. The van der Waals surface area contributed by atoms with E-state index in [-0.39, 0.29) is 11.6 Å². The van der Waals surface area contributed by atoms with Crippen molar-refractivity contribution in [3.05, 3.63) is 89.0 Å². The van der Waals surface area contributed by atoms with E-state index < -0.39 is 17.6 Å². The van der Waals surface area contributed by atoms with Crippen LogP contribution in [0.15, 0.2) is 77.9 Å². The maximum Gasteiger partial charge on any atom is 0.418 e. The minimum Gasteiger partial charge on any atom is -0.377 e. The summed E-state index contributed by atoms with van der Waals surface area (Å²) in [7, 11) is 0. The monoisotopic (exact) mass is 431 g/mol. The average Bonchev–Trinajstić information content (AvgIpc) is 2.71. The fraction of sp³-hybridized carbons (Fsp3) is 0.320. The molecule has 2 rings (SSSR count). The van der Waals surface area contributed by atoms with Gasteiger partial charge in [0.2, 0.25) is 0 Å². The molecule has 1 amide bonds. The summed E-state index contributed by atoms with van der Waals surface area (Å²) in [5.74, 6) is -0.538. The van der Waals surface area contributed by atoms with E-state index in [2.05, 4.69) is 5.32 Å². The smallest absolute Gasteiger partial charge is 0.377 e. The molecule has 0 atom stereocenters. The van der Waals surface area contributed by atoms with Crippen molar-refractivity contribution in [3.8, 4) is 0 Å². The van der Waals surface area contributed by atoms with Crippen LogP contribution in [0.2, 0.25) is 0 Å². The SMILES string of the molecule is CC(=C/COCCc1ccccc1)/C(=C\C(C)C)C(=O)Nc1ccccc1C(F)(F)F. The zero-order valence-corrected chi connectivity index (χ0v) is 18.0. The summed E-state index contributed by atoms with van der Waals surface area (Å²) in [5, 5.41) is 2.42. The largest absolute Gasteiger partial charge is 0.418 e. The Hall–Kier alpha value is -2.86. The van der Waals surface area contributed by atoms with E-state index in [1.54, 1.807) is 19.1 Å². The number of para-hydroxylation sites is 1. The van der Waals surface area contributed by atoms with E-state index in [1.165, 1.54) is 23.8 Å². The molecule has 166 valence electrons. The summed E-state index contributed by atoms with van der Waals surface area (Å²) in [6.45, 7) is 6.40. The second-order valence-electron chi connectivity index (χ2n) is 7.52. The molecule has 1 N–H and O–H groups in total. The number of rotatable bonds is 9. The molecule has 0 unspecified atom stereocenters. The van der Waals surface area contributed by atoms with Gasteiger partial charge >= 0.3 is 6.18 Å². The Morgan fingerprint density at radius 3 is 2.35 bits per heavy atom. The maximum atomic E-state index is 13.2. The summed E-state index contributed by atoms with van der Waals surface area (Å²) in [6, 6.07) is 14.9. The first-order valence-corrected chi connectivity index (χ1v) is 10.2. The molecule has 0 aliphatic heterocycles. The Morgan fingerprint density at radius 1 is 1.06 bits per heavy atom. The van der Waals surface area contributed by atoms with Crippen molar-refractivity contribution in [1.29, 1.82) is 0 Å². The second-order valence-corrected chi connectivity index (χ2v) is 7.52. The van der Waals surface area contributed by atoms with Crippen LogP contribution in [0.3, 0.4) is 0 Å². The van der Waals surface area contributed by atoms with Crippen molar-refractivity contribution in [3.63, 3.8) is 0 Å². The number of halogens is 3. The Bertz CT molecular complexity index is 916. The molecule has 0 spiro atoms. The van der Waals surface area contributed by atoms with Crippen molar-refractivity contribution in [2.45, 2.75) is 33.4 Å². The van der Waals surface area contributed by atoms with Crippen LogP contribution in [0.25, 0.3) is 0 Å². The first-order valence-electron chi connectivity index (χ1n) is 10.2. The van der Waals surface area contributed by atoms with Crippen LogP contribution in [0.5, 0.6) is 0 Å². The third-order valence-electron chi connectivity index (χ3n) is 4.54. The van der Waals surface area contributed by atoms with Gasteiger partial charge < -0.3 is 10.1 Å². The van der Waals surface area contributed by atoms with Gasteiger partial charge in [-0.3, -0.25) is 4.79 Å². The summed E-state index contributed by atoms with van der Waals surface area (Å²) in [6.07, 6.45) is -0.268. The van der Waals surface area contributed by atoms with Gasteiger partial charge in [-0.2, -0.15) is 13.2 Å². The molecule has 0 saturated carbocycles. The highest BCUT2D eigenvalue weighted by molar-refractivity contribution is 6.07. The van der Waals surface area contributed by atoms with E-state index in [0.29, 0.717) is 24.4 Å². The highest BCUT2D eigenvalue weighted by Gasteiger charge is 2.33. The minimum absolute atomic E-state index is 0.0426. The Kier molecular flexibility index (Phi) is 9.06. The average molecular weight is 431 g/mol. The number of hydrogen-bond donors (Lipinski definition) is 1. The molecule has 0 heterocycles. The molecule has 0 bridgehead atoms. The maximum absolute atomic E-state index is 13.2. The number of alkyl halides is 3. The zero-order valence-electron chi connectivity index (χ0n) is 18.0. The second kappa shape index (κ2) is 11.5. The van der Waals surface area contributed by atoms with Gasteiger partial charge in [0, 0.05) is 5.57 Å². The van der Waals surface area contributed by atoms with E-state index in [0.717, 1.165) is 12.5 Å². The summed E-state index contributed by atoms with van der Waals surface area (Å²) >= 11 is 0. The van der Waals surface area contributed by atoms with E-state index in [4.69, 9.17) is 4.74 Å². The van der Waals surface area contributed by atoms with Crippen LogP contribution in [-0.2, 0) is 22.1 Å². The van der Waals surface area contributed by atoms with Crippen molar-refractivity contribution >= 4 is 11.6 Å². The lowest BCUT2D eigenvalue weighted by Gasteiger charge is -2.16. The topological polar surface area (TPSA) is 38.3 Å². The van der Waals surface area contributed by atoms with Crippen LogP contribution < -0.4 is 5.32 Å². The number of hydrogen-bond acceptors (Lipinski definition) is 2. The summed E-state index contributed by atoms with van der Waals surface area (Å²) in [4.78, 5) is 12.8. The molecule has 3 nitrogen and oxygen atoms in total. The van der Waals surface area contributed by atoms with Crippen molar-refractivity contribution < 1.29 is 22.7 Å². The number of nitrogens with one attached hydrogen (secondary N) is 1. The molecule has 0 aromatic heterocycles. The molecule has 0 saturated heterocycles. The van der Waals surface area contributed by atoms with Crippen molar-refractivity contribution in [2.75, 3.05) is 18.5 Å². The van der Waals surface area contributed by atoms with Crippen molar-refractivity contribution in [1.82, 2.24) is 0 Å². The molecule has 0 aliphatic rings. The molecule has 0 fully saturated rings. The van der Waals surface area contributed by atoms with Gasteiger partial charge in [-0.05, 0) is 42.5 Å². The van der Waals surface area contributed by atoms with Gasteiger partial charge in [0.25, 0.3) is 5.91 Å². The number of amides is 1. The number of carbonyl (C=O) groups excluding carboxylic acids is 1. The van der Waals surface area contributed by atoms with Crippen LogP contribution in [0.1, 0.15) is 31.9 Å². The van der Waals surface area contributed by atoms with Gasteiger partial charge in [0.15, 0.2) is 0 Å². The molecule has 2 aromatic carbocycles. The third kappa shape index (κ3) is 8.06. The molecular weight excluding hydrogens is 403 g/mol. The predicted molar refractivity (Wildman–Crippen MR) is 118 cm³/mol. The molecule has 0 aliphatic carbocycles. The molecular formula is C25H28F3NO2. The zero-order chi connectivity index (χ0) is 22.9. The molecule has 31 heavy (non-hydrogen) atoms. The summed E-state index contributed by atoms with van der Waals surface area (Å²) < 4.78 is 45.4. The van der Waals surface area contributed by atoms with Crippen LogP contribution >= 0.6 is 0 Å². The highest BCUT2D eigenvalue weighted by atomic mass is 19.4. The van der Waals surface area contributed by atoms with Gasteiger partial charge in [0.05, 0.1) is 24.5 Å². The normalized spacial score (nSPS) is 12.9. The van der Waals surface area contributed by atoms with E-state index >= 15 is 0 Å². The lowest BCUT2D eigenvalue weighted by molar-refractivity contribution is -0.137. The lowest BCUT2D eigenvalue weighted by atomic mass is 10.0. The lowest BCUT2D eigenvalue weighted by Crippen LogP contribution is -2.19. The Labute approximate surface area is 181 Å². The first-order chi connectivity index (χ1) is 14.7. The number of benzene rings is 2. The summed E-state index contributed by atoms with van der Waals surface area (Å²) in [5.41, 5.74) is 1.01. The minimum atomic E-state index is -4.55. The third-order valence-corrected chi connectivity index (χ3v) is 4.54. The van der Waals surface area contributed by atoms with Crippen molar-refractivity contribution in [2.24, 2.45) is 5.92 Å². The number of carbonyl (C=O) groups is 1. The first kappa shape index (κ1) is 24.4. The fourth-order valence-electron chi connectivity index (χ4n) is 2.96. The van der Waals surface area contributed by atoms with Crippen LogP contribution in [0, 0.1) is 5.92 Å². The van der Waals surface area contributed by atoms with Crippen LogP contribution in [-0.4, -0.2) is 19.1 Å². The Balaban J connectivity index is 2.05. The van der Waals surface area contributed by atoms with Gasteiger partial charge in [-0.25, -0.2) is 0 Å². The van der Waals surface area contributed by atoms with Gasteiger partial charge in [-0.15, -0.1) is 0 Å². The van der Waals surface area contributed by atoms with E-state index in [1.807, 2.05) is 44.2 Å². The van der Waals surface area contributed by atoms with Gasteiger partial charge in [-0.1, -0.05) is 68.5 Å². The van der Waals surface area contributed by atoms with Gasteiger partial charge in [0.1, 0.15) is 0 Å². The Morgan fingerprint density at radius 2 is 1.71 bits per heavy atom. The quantitative estimate of drug-likeness (QED) is 0.282. The highest BCUT2D eigenvalue weighted by Crippen LogP contribution is 2.34. The predicted octanol–water partition coefficient (Wildman–Crippen LogP) is 6.43. The fourth-order valence-corrected chi connectivity index (χ4v) is 2.96. The van der Waals surface area contributed by atoms with Crippen LogP contribution in [0.4, 0.5) is 18.9 Å². The molecule has 6 heteroatoms. The number of anilines is 1. The molecule has 2 aromatic rings. The molecule has 0 radical (unpaired) electrons. The number of allylic oxidation sites excluding steroid dienone is 1.